The second kappa shape index (κ2) is 3.77. The molecular formula is C14H18N2O2. The Kier molecular flexibility index (Phi) is 2.19. The molecule has 4 rings (SSSR count). The van der Waals surface area contributed by atoms with Gasteiger partial charge in [0.05, 0.1) is 12.8 Å². The molecule has 1 aromatic rings. The summed E-state index contributed by atoms with van der Waals surface area (Å²) in [4.78, 5) is 14.2. The van der Waals surface area contributed by atoms with E-state index in [9.17, 15) is 4.79 Å². The molecule has 0 radical (unpaired) electrons. The van der Waals surface area contributed by atoms with Crippen LogP contribution in [0.4, 0.5) is 4.79 Å². The normalized spacial score (nSPS) is 36.3. The van der Waals surface area contributed by atoms with Crippen LogP contribution in [-0.4, -0.2) is 23.5 Å². The molecule has 2 bridgehead atoms. The molecule has 4 nitrogen and oxygen atoms in total. The highest BCUT2D eigenvalue weighted by atomic mass is 16.3. The zero-order chi connectivity index (χ0) is 12.1. The first-order chi connectivity index (χ1) is 8.83. The van der Waals surface area contributed by atoms with Crippen LogP contribution in [0.15, 0.2) is 22.8 Å². The van der Waals surface area contributed by atoms with Crippen molar-refractivity contribution in [1.82, 2.24) is 10.2 Å². The molecule has 1 aromatic heterocycles. The fourth-order valence-corrected chi connectivity index (χ4v) is 4.23. The highest BCUT2D eigenvalue weighted by Gasteiger charge is 2.57. The van der Waals surface area contributed by atoms with Crippen molar-refractivity contribution >= 4 is 6.03 Å². The minimum absolute atomic E-state index is 0.0835. The largest absolute Gasteiger partial charge is 0.467 e. The number of likely N-dealkylation sites (tertiary alicyclic amines) is 1. The number of nitrogens with one attached hydrogen (secondary N) is 1. The van der Waals surface area contributed by atoms with Gasteiger partial charge in [0.25, 0.3) is 0 Å². The quantitative estimate of drug-likeness (QED) is 0.869. The van der Waals surface area contributed by atoms with Crippen molar-refractivity contribution in [2.75, 3.05) is 6.54 Å². The van der Waals surface area contributed by atoms with Crippen molar-refractivity contribution in [3.05, 3.63) is 24.2 Å². The molecule has 0 spiro atoms. The first-order valence-corrected chi connectivity index (χ1v) is 6.90. The molecule has 4 atom stereocenters. The molecule has 2 amide bonds. The molecule has 2 saturated carbocycles. The first-order valence-electron chi connectivity index (χ1n) is 6.90. The van der Waals surface area contributed by atoms with E-state index in [0.29, 0.717) is 12.6 Å². The van der Waals surface area contributed by atoms with E-state index in [1.165, 1.54) is 19.3 Å². The molecule has 0 aromatic carbocycles. The van der Waals surface area contributed by atoms with Gasteiger partial charge in [-0.25, -0.2) is 4.79 Å². The number of urea groups is 1. The number of amides is 2. The smallest absolute Gasteiger partial charge is 0.318 e. The molecule has 3 aliphatic rings. The molecule has 1 N–H and O–H groups in total. The summed E-state index contributed by atoms with van der Waals surface area (Å²) in [6.07, 6.45) is 5.72. The fourth-order valence-electron chi connectivity index (χ4n) is 4.23. The molecule has 1 saturated heterocycles. The highest BCUT2D eigenvalue weighted by molar-refractivity contribution is 5.75. The third-order valence-electron chi connectivity index (χ3n) is 5.06. The maximum atomic E-state index is 12.1. The number of rotatable bonds is 2. The van der Waals surface area contributed by atoms with Crippen LogP contribution in [0.3, 0.4) is 0 Å². The number of hydrogen-bond acceptors (Lipinski definition) is 2. The van der Waals surface area contributed by atoms with E-state index in [4.69, 9.17) is 4.42 Å². The Hall–Kier alpha value is -1.45. The maximum Gasteiger partial charge on any atom is 0.318 e. The Morgan fingerprint density at radius 3 is 3.11 bits per heavy atom. The Morgan fingerprint density at radius 2 is 2.33 bits per heavy atom. The zero-order valence-corrected chi connectivity index (χ0v) is 10.3. The number of furan rings is 1. The summed E-state index contributed by atoms with van der Waals surface area (Å²) in [6, 6.07) is 4.36. The van der Waals surface area contributed by atoms with Gasteiger partial charge in [0.15, 0.2) is 0 Å². The molecule has 4 heteroatoms. The monoisotopic (exact) mass is 246 g/mol. The van der Waals surface area contributed by atoms with E-state index in [-0.39, 0.29) is 6.03 Å². The Balaban J connectivity index is 1.36. The summed E-state index contributed by atoms with van der Waals surface area (Å²) in [5, 5.41) is 2.95. The predicted molar refractivity (Wildman–Crippen MR) is 65.8 cm³/mol. The van der Waals surface area contributed by atoms with Gasteiger partial charge in [-0.1, -0.05) is 0 Å². The van der Waals surface area contributed by atoms with Crippen molar-refractivity contribution in [1.29, 1.82) is 0 Å². The van der Waals surface area contributed by atoms with Gasteiger partial charge in [0.2, 0.25) is 0 Å². The molecular weight excluding hydrogens is 228 g/mol. The zero-order valence-electron chi connectivity index (χ0n) is 10.3. The number of nitrogens with zero attached hydrogens (tertiary/aromatic N) is 1. The average Bonchev–Trinajstić information content (AvgIpc) is 2.99. The van der Waals surface area contributed by atoms with E-state index < -0.39 is 0 Å². The second-order valence-corrected chi connectivity index (χ2v) is 5.88. The van der Waals surface area contributed by atoms with Crippen LogP contribution in [0.1, 0.15) is 25.0 Å². The van der Waals surface area contributed by atoms with Crippen LogP contribution in [0.5, 0.6) is 0 Å². The van der Waals surface area contributed by atoms with Crippen molar-refractivity contribution in [3.63, 3.8) is 0 Å². The fraction of sp³-hybridized carbons (Fsp3) is 0.643. The standard InChI is InChI=1S/C14H18N2O2/c17-14(15-7-11-2-1-5-18-11)16-8-12-9-3-4-10(6-9)13(12)16/h1-2,5,9-10,12-13H,3-4,6-8H2,(H,15,17)/t9-,10-,12+,13-/m0/s1. The summed E-state index contributed by atoms with van der Waals surface area (Å²) in [6.45, 7) is 1.46. The van der Waals surface area contributed by atoms with Crippen LogP contribution in [0, 0.1) is 17.8 Å². The molecule has 18 heavy (non-hydrogen) atoms. The second-order valence-electron chi connectivity index (χ2n) is 5.88. The third-order valence-corrected chi connectivity index (χ3v) is 5.06. The van der Waals surface area contributed by atoms with Crippen LogP contribution in [-0.2, 0) is 6.54 Å². The van der Waals surface area contributed by atoms with Gasteiger partial charge in [-0.05, 0) is 43.2 Å². The van der Waals surface area contributed by atoms with Crippen LogP contribution >= 0.6 is 0 Å². The van der Waals surface area contributed by atoms with Gasteiger partial charge >= 0.3 is 6.03 Å². The third kappa shape index (κ3) is 1.41. The van der Waals surface area contributed by atoms with E-state index >= 15 is 0 Å². The topological polar surface area (TPSA) is 45.5 Å². The summed E-state index contributed by atoms with van der Waals surface area (Å²) in [5.74, 6) is 3.31. The minimum Gasteiger partial charge on any atom is -0.467 e. The van der Waals surface area contributed by atoms with E-state index in [2.05, 4.69) is 5.32 Å². The minimum atomic E-state index is 0.0835. The van der Waals surface area contributed by atoms with Crippen molar-refractivity contribution in [2.24, 2.45) is 17.8 Å². The SMILES string of the molecule is O=C(NCc1ccco1)N1C[C@@H]2[C@H]3CC[C@@H](C3)[C@@H]21. The molecule has 2 heterocycles. The Bertz CT molecular complexity index is 454. The molecule has 96 valence electrons. The van der Waals surface area contributed by atoms with Crippen molar-refractivity contribution in [2.45, 2.75) is 31.8 Å². The van der Waals surface area contributed by atoms with Gasteiger partial charge in [0.1, 0.15) is 5.76 Å². The summed E-state index contributed by atoms with van der Waals surface area (Å²) >= 11 is 0. The Morgan fingerprint density at radius 1 is 1.44 bits per heavy atom. The van der Waals surface area contributed by atoms with E-state index in [1.807, 2.05) is 17.0 Å². The average molecular weight is 246 g/mol. The van der Waals surface area contributed by atoms with Crippen molar-refractivity contribution < 1.29 is 9.21 Å². The summed E-state index contributed by atoms with van der Waals surface area (Å²) in [7, 11) is 0. The van der Waals surface area contributed by atoms with Crippen molar-refractivity contribution in [3.8, 4) is 0 Å². The van der Waals surface area contributed by atoms with Gasteiger partial charge < -0.3 is 14.6 Å². The maximum absolute atomic E-state index is 12.1. The van der Waals surface area contributed by atoms with Gasteiger partial charge in [-0.3, -0.25) is 0 Å². The molecule has 2 aliphatic carbocycles. The predicted octanol–water partition coefficient (Wildman–Crippen LogP) is 2.22. The van der Waals surface area contributed by atoms with Gasteiger partial charge in [0, 0.05) is 18.5 Å². The molecule has 1 aliphatic heterocycles. The molecule has 3 fully saturated rings. The first kappa shape index (κ1) is 10.5. The van der Waals surface area contributed by atoms with Crippen LogP contribution < -0.4 is 5.32 Å². The van der Waals surface area contributed by atoms with Gasteiger partial charge in [-0.2, -0.15) is 0 Å². The molecule has 0 unspecified atom stereocenters. The number of fused-ring (bicyclic) bond motifs is 5. The number of hydrogen-bond donors (Lipinski definition) is 1. The summed E-state index contributed by atoms with van der Waals surface area (Å²) in [5.41, 5.74) is 0. The number of carbonyl (C=O) groups is 1. The lowest BCUT2D eigenvalue weighted by molar-refractivity contribution is 0.0120. The summed E-state index contributed by atoms with van der Waals surface area (Å²) < 4.78 is 5.22. The highest BCUT2D eigenvalue weighted by Crippen LogP contribution is 2.55. The van der Waals surface area contributed by atoms with Crippen LogP contribution in [0.2, 0.25) is 0 Å². The lowest BCUT2D eigenvalue weighted by Crippen LogP contribution is -2.63. The van der Waals surface area contributed by atoms with Gasteiger partial charge in [-0.15, -0.1) is 0 Å². The number of carbonyl (C=O) groups excluding carboxylic acids is 1. The van der Waals surface area contributed by atoms with E-state index in [1.54, 1.807) is 6.26 Å². The Labute approximate surface area is 106 Å². The van der Waals surface area contributed by atoms with Crippen LogP contribution in [0.25, 0.3) is 0 Å². The van der Waals surface area contributed by atoms with E-state index in [0.717, 1.165) is 30.1 Å². The lowest BCUT2D eigenvalue weighted by Gasteiger charge is -2.50. The lowest BCUT2D eigenvalue weighted by atomic mass is 9.77.